The fourth-order valence-corrected chi connectivity index (χ4v) is 1.13. The second-order valence-electron chi connectivity index (χ2n) is 3.15. The number of benzene rings is 1. The Kier molecular flexibility index (Phi) is 2.66. The van der Waals surface area contributed by atoms with Crippen LogP contribution < -0.4 is 10.5 Å². The Labute approximate surface area is 93.8 Å². The molecule has 17 heavy (non-hydrogen) atoms. The number of nitrogens with two attached hydrogens (primary N) is 1. The summed E-state index contributed by atoms with van der Waals surface area (Å²) in [6.07, 6.45) is -3.26. The molecule has 0 saturated carbocycles. The van der Waals surface area contributed by atoms with Crippen LogP contribution in [0, 0.1) is 0 Å². The predicted molar refractivity (Wildman–Crippen MR) is 52.4 cm³/mol. The second-order valence-corrected chi connectivity index (χ2v) is 3.15. The van der Waals surface area contributed by atoms with Crippen molar-refractivity contribution >= 4 is 5.88 Å². The number of oxazole rings is 1. The lowest BCUT2D eigenvalue weighted by Crippen LogP contribution is -2.03. The summed E-state index contributed by atoms with van der Waals surface area (Å²) in [5.74, 6) is 0.242. The minimum absolute atomic E-state index is 0.0620. The highest BCUT2D eigenvalue weighted by atomic mass is 19.4. The van der Waals surface area contributed by atoms with Gasteiger partial charge in [-0.25, -0.2) is 0 Å². The monoisotopic (exact) mass is 244 g/mol. The summed E-state index contributed by atoms with van der Waals surface area (Å²) >= 11 is 0. The van der Waals surface area contributed by atoms with Crippen molar-refractivity contribution in [1.82, 2.24) is 4.98 Å². The smallest absolute Gasteiger partial charge is 0.411 e. The van der Waals surface area contributed by atoms with Gasteiger partial charge >= 0.3 is 12.3 Å². The number of alkyl halides is 3. The van der Waals surface area contributed by atoms with Gasteiger partial charge in [0.25, 0.3) is 0 Å². The van der Waals surface area contributed by atoms with Gasteiger partial charge in [-0.1, -0.05) is 0 Å². The fourth-order valence-electron chi connectivity index (χ4n) is 1.13. The molecule has 1 aromatic heterocycles. The summed E-state index contributed by atoms with van der Waals surface area (Å²) in [6.45, 7) is 0. The molecule has 0 amide bonds. The van der Waals surface area contributed by atoms with Gasteiger partial charge in [0.05, 0.1) is 11.8 Å². The number of halogens is 3. The maximum Gasteiger partial charge on any atom is 0.416 e. The Morgan fingerprint density at radius 3 is 2.29 bits per heavy atom. The average molecular weight is 244 g/mol. The van der Waals surface area contributed by atoms with Gasteiger partial charge in [0.2, 0.25) is 5.88 Å². The Balaban J connectivity index is 2.13. The normalized spacial score (nSPS) is 11.5. The van der Waals surface area contributed by atoms with Crippen molar-refractivity contribution in [3.05, 3.63) is 36.0 Å². The molecule has 2 N–H and O–H groups in total. The largest absolute Gasteiger partial charge is 0.416 e. The van der Waals surface area contributed by atoms with Crippen molar-refractivity contribution in [2.75, 3.05) is 5.73 Å². The summed E-state index contributed by atoms with van der Waals surface area (Å²) in [7, 11) is 0. The Morgan fingerprint density at radius 2 is 1.82 bits per heavy atom. The molecule has 2 rings (SSSR count). The minimum Gasteiger partial charge on any atom is -0.411 e. The topological polar surface area (TPSA) is 61.3 Å². The van der Waals surface area contributed by atoms with Crippen molar-refractivity contribution < 1.29 is 22.3 Å². The molecule has 0 aliphatic heterocycles. The number of nitrogen functional groups attached to an aromatic ring is 1. The molecule has 0 saturated heterocycles. The van der Waals surface area contributed by atoms with Crippen molar-refractivity contribution in [2.45, 2.75) is 6.18 Å². The van der Waals surface area contributed by atoms with Crippen LogP contribution in [0.3, 0.4) is 0 Å². The fraction of sp³-hybridized carbons (Fsp3) is 0.100. The molecule has 7 heteroatoms. The lowest BCUT2D eigenvalue weighted by Gasteiger charge is -2.06. The van der Waals surface area contributed by atoms with E-state index in [1.165, 1.54) is 18.3 Å². The quantitative estimate of drug-likeness (QED) is 0.881. The highest BCUT2D eigenvalue weighted by Gasteiger charge is 2.30. The van der Waals surface area contributed by atoms with Gasteiger partial charge in [-0.2, -0.15) is 18.2 Å². The van der Waals surface area contributed by atoms with Crippen molar-refractivity contribution in [3.8, 4) is 11.8 Å². The van der Waals surface area contributed by atoms with Crippen LogP contribution in [0.1, 0.15) is 5.56 Å². The molecule has 0 radical (unpaired) electrons. The summed E-state index contributed by atoms with van der Waals surface area (Å²) in [5.41, 5.74) is 4.50. The lowest BCUT2D eigenvalue weighted by atomic mass is 10.2. The van der Waals surface area contributed by atoms with Crippen LogP contribution in [0.2, 0.25) is 0 Å². The van der Waals surface area contributed by atoms with E-state index in [1.54, 1.807) is 0 Å². The first kappa shape index (κ1) is 11.3. The van der Waals surface area contributed by atoms with Crippen LogP contribution >= 0.6 is 0 Å². The van der Waals surface area contributed by atoms with Gasteiger partial charge in [0, 0.05) is 0 Å². The lowest BCUT2D eigenvalue weighted by molar-refractivity contribution is -0.137. The summed E-state index contributed by atoms with van der Waals surface area (Å²) in [6, 6.07) is 4.15. The van der Waals surface area contributed by atoms with Gasteiger partial charge in [-0.05, 0) is 24.3 Å². The van der Waals surface area contributed by atoms with Crippen LogP contribution in [0.4, 0.5) is 19.1 Å². The van der Waals surface area contributed by atoms with E-state index in [0.29, 0.717) is 0 Å². The molecule has 2 aromatic rings. The summed E-state index contributed by atoms with van der Waals surface area (Å²) < 4.78 is 46.6. The van der Waals surface area contributed by atoms with Crippen molar-refractivity contribution in [2.24, 2.45) is 0 Å². The number of hydrogen-bond donors (Lipinski definition) is 1. The highest BCUT2D eigenvalue weighted by molar-refractivity contribution is 5.31. The second kappa shape index (κ2) is 4.00. The maximum absolute atomic E-state index is 12.3. The molecule has 0 aliphatic carbocycles. The zero-order valence-electron chi connectivity index (χ0n) is 8.36. The van der Waals surface area contributed by atoms with Crippen LogP contribution in [0.25, 0.3) is 0 Å². The SMILES string of the molecule is Nc1cnc(Oc2ccc(C(F)(F)F)cc2)o1. The number of anilines is 1. The van der Waals surface area contributed by atoms with Gasteiger partial charge in [0.1, 0.15) is 5.75 Å². The molecule has 0 fully saturated rings. The maximum atomic E-state index is 12.3. The van der Waals surface area contributed by atoms with Gasteiger partial charge < -0.3 is 14.9 Å². The highest BCUT2D eigenvalue weighted by Crippen LogP contribution is 2.31. The summed E-state index contributed by atoms with van der Waals surface area (Å²) in [4.78, 5) is 3.65. The first-order valence-electron chi connectivity index (χ1n) is 4.51. The molecule has 0 spiro atoms. The molecule has 4 nitrogen and oxygen atoms in total. The first-order valence-corrected chi connectivity index (χ1v) is 4.51. The van der Waals surface area contributed by atoms with Crippen LogP contribution in [0.5, 0.6) is 11.8 Å². The van der Waals surface area contributed by atoms with Gasteiger partial charge in [-0.15, -0.1) is 0 Å². The molecule has 90 valence electrons. The number of ether oxygens (including phenoxy) is 1. The molecule has 0 unspecified atom stereocenters. The molecule has 0 aliphatic rings. The molecular weight excluding hydrogens is 237 g/mol. The molecule has 0 bridgehead atoms. The Morgan fingerprint density at radius 1 is 1.18 bits per heavy atom. The Bertz CT molecular complexity index is 505. The Hall–Kier alpha value is -2.18. The van der Waals surface area contributed by atoms with Gasteiger partial charge in [-0.3, -0.25) is 0 Å². The van der Waals surface area contributed by atoms with Crippen molar-refractivity contribution in [3.63, 3.8) is 0 Å². The zero-order valence-corrected chi connectivity index (χ0v) is 8.36. The summed E-state index contributed by atoms with van der Waals surface area (Å²) in [5, 5.41) is 0. The van der Waals surface area contributed by atoms with E-state index in [9.17, 15) is 13.2 Å². The predicted octanol–water partition coefficient (Wildman–Crippen LogP) is 3.07. The van der Waals surface area contributed by atoms with E-state index in [2.05, 4.69) is 4.98 Å². The van der Waals surface area contributed by atoms with Crippen LogP contribution in [-0.2, 0) is 6.18 Å². The van der Waals surface area contributed by atoms with E-state index >= 15 is 0 Å². The molecule has 0 atom stereocenters. The number of nitrogens with zero attached hydrogens (tertiary/aromatic N) is 1. The van der Waals surface area contributed by atoms with Crippen LogP contribution in [0.15, 0.2) is 34.9 Å². The first-order chi connectivity index (χ1) is 7.95. The molecule has 1 heterocycles. The third kappa shape index (κ3) is 2.68. The van der Waals surface area contributed by atoms with E-state index in [-0.39, 0.29) is 17.7 Å². The molecule has 1 aromatic carbocycles. The average Bonchev–Trinajstić information content (AvgIpc) is 2.63. The van der Waals surface area contributed by atoms with Crippen molar-refractivity contribution in [1.29, 1.82) is 0 Å². The third-order valence-electron chi connectivity index (χ3n) is 1.89. The van der Waals surface area contributed by atoms with Crippen LogP contribution in [-0.4, -0.2) is 4.98 Å². The number of hydrogen-bond acceptors (Lipinski definition) is 4. The third-order valence-corrected chi connectivity index (χ3v) is 1.89. The van der Waals surface area contributed by atoms with E-state index < -0.39 is 11.7 Å². The number of rotatable bonds is 2. The minimum atomic E-state index is -4.37. The number of aromatic nitrogens is 1. The standard InChI is InChI=1S/C10H7F3N2O2/c11-10(12,13)6-1-3-7(4-2-6)16-9-15-5-8(14)17-9/h1-5H,14H2. The van der Waals surface area contributed by atoms with Gasteiger partial charge in [0.15, 0.2) is 0 Å². The zero-order chi connectivity index (χ0) is 12.5. The van der Waals surface area contributed by atoms with E-state index in [1.807, 2.05) is 0 Å². The van der Waals surface area contributed by atoms with E-state index in [0.717, 1.165) is 12.1 Å². The molecular formula is C10H7F3N2O2. The van der Waals surface area contributed by atoms with E-state index in [4.69, 9.17) is 14.9 Å².